The van der Waals surface area contributed by atoms with Gasteiger partial charge in [0, 0.05) is 30.1 Å². The maximum absolute atomic E-state index is 13.2. The van der Waals surface area contributed by atoms with Crippen LogP contribution >= 0.6 is 11.6 Å². The van der Waals surface area contributed by atoms with Crippen LogP contribution in [0.1, 0.15) is 28.5 Å². The lowest BCUT2D eigenvalue weighted by molar-refractivity contribution is 0.101. The van der Waals surface area contributed by atoms with Crippen LogP contribution in [0.5, 0.6) is 0 Å². The second-order valence-electron chi connectivity index (χ2n) is 7.80. The lowest BCUT2D eigenvalue weighted by atomic mass is 10.1. The highest BCUT2D eigenvalue weighted by Crippen LogP contribution is 2.27. The quantitative estimate of drug-likeness (QED) is 0.469. The molecule has 4 heterocycles. The van der Waals surface area contributed by atoms with Crippen LogP contribution in [0.15, 0.2) is 55.1 Å². The Bertz CT molecular complexity index is 1310. The number of aryl methyl sites for hydroxylation is 1. The summed E-state index contributed by atoms with van der Waals surface area (Å²) < 4.78 is 21.9. The van der Waals surface area contributed by atoms with E-state index in [9.17, 15) is 9.18 Å². The van der Waals surface area contributed by atoms with Crippen molar-refractivity contribution in [1.82, 2.24) is 24.5 Å². The Morgan fingerprint density at radius 3 is 2.73 bits per heavy atom. The number of pyridine rings is 1. The summed E-state index contributed by atoms with van der Waals surface area (Å²) in [6.07, 6.45) is 7.45. The average Bonchev–Trinajstić information content (AvgIpc) is 3.56. The standard InChI is InChI=1S/C23H20ClFN6O2/c1-14-8-15(16-10-27-30(12-16)18-4-2-17(25)3-5-18)9-26-22(14)29-23(32)21-20(24)11-28-31(21)19-6-7-33-13-19/h2-5,8-12,19H,6-7,13H2,1H3,(H,26,29,32). The molecule has 33 heavy (non-hydrogen) atoms. The van der Waals surface area contributed by atoms with Crippen molar-refractivity contribution in [2.45, 2.75) is 19.4 Å². The molecule has 3 aromatic heterocycles. The van der Waals surface area contributed by atoms with Crippen molar-refractivity contribution < 1.29 is 13.9 Å². The third-order valence-corrected chi connectivity index (χ3v) is 5.81. The molecule has 1 aliphatic heterocycles. The number of amides is 1. The number of rotatable bonds is 5. The number of carbonyl (C=O) groups is 1. The second kappa shape index (κ2) is 8.76. The highest BCUT2D eigenvalue weighted by Gasteiger charge is 2.26. The molecular formula is C23H20ClFN6O2. The first kappa shape index (κ1) is 21.3. The van der Waals surface area contributed by atoms with Gasteiger partial charge in [-0.05, 0) is 49.2 Å². The predicted octanol–water partition coefficient (Wildman–Crippen LogP) is 4.45. The van der Waals surface area contributed by atoms with Gasteiger partial charge >= 0.3 is 0 Å². The number of hydrogen-bond acceptors (Lipinski definition) is 5. The number of anilines is 1. The minimum absolute atomic E-state index is 0.0210. The van der Waals surface area contributed by atoms with Gasteiger partial charge in [0.2, 0.25) is 0 Å². The van der Waals surface area contributed by atoms with Crippen LogP contribution in [0.4, 0.5) is 10.2 Å². The van der Waals surface area contributed by atoms with E-state index < -0.39 is 0 Å². The van der Waals surface area contributed by atoms with Gasteiger partial charge in [-0.3, -0.25) is 9.48 Å². The summed E-state index contributed by atoms with van der Waals surface area (Å²) in [6, 6.07) is 7.98. The number of halogens is 2. The first-order valence-electron chi connectivity index (χ1n) is 10.4. The number of ether oxygens (including phenoxy) is 1. The summed E-state index contributed by atoms with van der Waals surface area (Å²) in [5, 5.41) is 11.7. The normalized spacial score (nSPS) is 15.7. The minimum Gasteiger partial charge on any atom is -0.379 e. The second-order valence-corrected chi connectivity index (χ2v) is 8.20. The number of hydrogen-bond donors (Lipinski definition) is 1. The summed E-state index contributed by atoms with van der Waals surface area (Å²) in [4.78, 5) is 17.4. The van der Waals surface area contributed by atoms with E-state index in [1.54, 1.807) is 33.9 Å². The number of aromatic nitrogens is 5. The largest absolute Gasteiger partial charge is 0.379 e. The van der Waals surface area contributed by atoms with Gasteiger partial charge in [0.1, 0.15) is 17.3 Å². The van der Waals surface area contributed by atoms with Crippen molar-refractivity contribution in [3.05, 3.63) is 77.2 Å². The van der Waals surface area contributed by atoms with Crippen LogP contribution in [0.2, 0.25) is 5.02 Å². The van der Waals surface area contributed by atoms with Crippen LogP contribution in [0, 0.1) is 12.7 Å². The van der Waals surface area contributed by atoms with Gasteiger partial charge in [-0.15, -0.1) is 0 Å². The van der Waals surface area contributed by atoms with Crippen LogP contribution in [-0.4, -0.2) is 43.7 Å². The molecule has 10 heteroatoms. The molecule has 1 aliphatic rings. The van der Waals surface area contributed by atoms with Crippen molar-refractivity contribution >= 4 is 23.3 Å². The molecule has 0 aliphatic carbocycles. The molecule has 1 fully saturated rings. The highest BCUT2D eigenvalue weighted by molar-refractivity contribution is 6.34. The Balaban J connectivity index is 1.36. The molecular weight excluding hydrogens is 447 g/mol. The maximum Gasteiger partial charge on any atom is 0.276 e. The van der Waals surface area contributed by atoms with Crippen molar-refractivity contribution in [2.75, 3.05) is 18.5 Å². The number of nitrogens with one attached hydrogen (secondary N) is 1. The Morgan fingerprint density at radius 1 is 1.18 bits per heavy atom. The van der Waals surface area contributed by atoms with E-state index in [0.29, 0.717) is 19.0 Å². The first-order chi connectivity index (χ1) is 16.0. The molecule has 1 amide bonds. The van der Waals surface area contributed by atoms with Crippen LogP contribution in [0.3, 0.4) is 0 Å². The van der Waals surface area contributed by atoms with Gasteiger partial charge in [-0.25, -0.2) is 14.1 Å². The van der Waals surface area contributed by atoms with Gasteiger partial charge in [0.15, 0.2) is 0 Å². The average molecular weight is 467 g/mol. The minimum atomic E-state index is -0.378. The lowest BCUT2D eigenvalue weighted by Crippen LogP contribution is -2.22. The molecule has 8 nitrogen and oxygen atoms in total. The van der Waals surface area contributed by atoms with E-state index >= 15 is 0 Å². The fraction of sp³-hybridized carbons (Fsp3) is 0.217. The molecule has 1 aromatic carbocycles. The fourth-order valence-electron chi connectivity index (χ4n) is 3.78. The highest BCUT2D eigenvalue weighted by atomic mass is 35.5. The van der Waals surface area contributed by atoms with E-state index in [0.717, 1.165) is 28.8 Å². The predicted molar refractivity (Wildman–Crippen MR) is 121 cm³/mol. The maximum atomic E-state index is 13.2. The summed E-state index contributed by atoms with van der Waals surface area (Å²) in [5.41, 5.74) is 3.50. The van der Waals surface area contributed by atoms with Crippen LogP contribution < -0.4 is 5.32 Å². The van der Waals surface area contributed by atoms with E-state index in [2.05, 4.69) is 20.5 Å². The zero-order valence-electron chi connectivity index (χ0n) is 17.7. The van der Waals surface area contributed by atoms with Gasteiger partial charge in [0.05, 0.1) is 35.8 Å². The zero-order valence-corrected chi connectivity index (χ0v) is 18.5. The molecule has 4 aromatic rings. The van der Waals surface area contributed by atoms with Gasteiger partial charge in [-0.2, -0.15) is 10.2 Å². The van der Waals surface area contributed by atoms with Gasteiger partial charge in [0.25, 0.3) is 5.91 Å². The number of benzene rings is 1. The molecule has 1 atom stereocenters. The fourth-order valence-corrected chi connectivity index (χ4v) is 4.00. The molecule has 1 unspecified atom stereocenters. The SMILES string of the molecule is Cc1cc(-c2cnn(-c3ccc(F)cc3)c2)cnc1NC(=O)c1c(Cl)cnn1C1CCOC1. The van der Waals surface area contributed by atoms with E-state index in [1.165, 1.54) is 18.3 Å². The summed E-state index contributed by atoms with van der Waals surface area (Å²) in [5.74, 6) is -0.248. The Hall–Kier alpha value is -3.56. The lowest BCUT2D eigenvalue weighted by Gasteiger charge is -2.14. The third-order valence-electron chi connectivity index (χ3n) is 5.53. The molecule has 5 rings (SSSR count). The molecule has 168 valence electrons. The third kappa shape index (κ3) is 4.24. The van der Waals surface area contributed by atoms with Crippen molar-refractivity contribution in [3.63, 3.8) is 0 Å². The van der Waals surface area contributed by atoms with Crippen LogP contribution in [0.25, 0.3) is 16.8 Å². The Kier molecular flexibility index (Phi) is 5.65. The topological polar surface area (TPSA) is 86.9 Å². The van der Waals surface area contributed by atoms with E-state index in [4.69, 9.17) is 16.3 Å². The monoisotopic (exact) mass is 466 g/mol. The first-order valence-corrected chi connectivity index (χ1v) is 10.8. The zero-order chi connectivity index (χ0) is 22.9. The number of carbonyl (C=O) groups excluding carboxylic acids is 1. The van der Waals surface area contributed by atoms with Crippen molar-refractivity contribution in [2.24, 2.45) is 0 Å². The summed E-state index contributed by atoms with van der Waals surface area (Å²) >= 11 is 6.26. The molecule has 0 saturated carbocycles. The number of nitrogens with zero attached hydrogens (tertiary/aromatic N) is 5. The van der Waals surface area contributed by atoms with Gasteiger partial charge in [-0.1, -0.05) is 11.6 Å². The molecule has 1 saturated heterocycles. The molecule has 1 N–H and O–H groups in total. The van der Waals surface area contributed by atoms with Crippen molar-refractivity contribution in [1.29, 1.82) is 0 Å². The molecule has 0 spiro atoms. The van der Waals surface area contributed by atoms with E-state index in [1.807, 2.05) is 19.2 Å². The smallest absolute Gasteiger partial charge is 0.276 e. The Morgan fingerprint density at radius 2 is 2.00 bits per heavy atom. The summed E-state index contributed by atoms with van der Waals surface area (Å²) in [6.45, 7) is 2.99. The van der Waals surface area contributed by atoms with Gasteiger partial charge < -0.3 is 10.1 Å². The van der Waals surface area contributed by atoms with E-state index in [-0.39, 0.29) is 28.5 Å². The van der Waals surface area contributed by atoms with Crippen molar-refractivity contribution in [3.8, 4) is 16.8 Å². The molecule has 0 radical (unpaired) electrons. The molecule has 0 bridgehead atoms. The van der Waals surface area contributed by atoms with Crippen LogP contribution in [-0.2, 0) is 4.74 Å². The Labute approximate surface area is 194 Å². The summed E-state index contributed by atoms with van der Waals surface area (Å²) in [7, 11) is 0.